The van der Waals surface area contributed by atoms with Crippen molar-refractivity contribution < 1.29 is 24.2 Å². The Labute approximate surface area is 347 Å². The zero-order valence-electron chi connectivity index (χ0n) is 37.8. The number of aliphatic hydroxyl groups is 1. The molecule has 5 nitrogen and oxygen atoms in total. The lowest BCUT2D eigenvalue weighted by Gasteiger charge is -2.24. The molecule has 0 unspecified atom stereocenters. The topological polar surface area (TPSA) is 72.8 Å². The molecule has 0 radical (unpaired) electrons. The number of esters is 2. The van der Waals surface area contributed by atoms with Crippen LogP contribution in [0.2, 0.25) is 0 Å². The molecule has 0 heterocycles. The molecule has 1 N–H and O–H groups in total. The second kappa shape index (κ2) is 36.2. The van der Waals surface area contributed by atoms with Gasteiger partial charge in [-0.15, -0.1) is 0 Å². The molecular formula is C51H92O5. The smallest absolute Gasteiger partial charge is 0.320 e. The lowest BCUT2D eigenvalue weighted by atomic mass is 9.82. The zero-order valence-corrected chi connectivity index (χ0v) is 37.8. The molecule has 0 aliphatic rings. The largest absolute Gasteiger partial charge is 0.465 e. The number of aliphatic hydroxyl groups excluding tert-OH is 1. The van der Waals surface area contributed by atoms with Gasteiger partial charge >= 0.3 is 11.9 Å². The highest BCUT2D eigenvalue weighted by Gasteiger charge is 2.31. The van der Waals surface area contributed by atoms with Gasteiger partial charge in [-0.1, -0.05) is 245 Å². The van der Waals surface area contributed by atoms with Crippen LogP contribution in [0.5, 0.6) is 0 Å². The van der Waals surface area contributed by atoms with Crippen molar-refractivity contribution in [2.45, 2.75) is 259 Å². The maximum Gasteiger partial charge on any atom is 0.320 e. The molecule has 1 aromatic carbocycles. The lowest BCUT2D eigenvalue weighted by molar-refractivity contribution is -0.162. The molecule has 326 valence electrons. The third-order valence-corrected chi connectivity index (χ3v) is 11.6. The number of carbonyl (C=O) groups excluding carboxylic acids is 2. The van der Waals surface area contributed by atoms with Crippen molar-refractivity contribution in [3.8, 4) is 0 Å². The molecule has 5 heteroatoms. The van der Waals surface area contributed by atoms with E-state index in [2.05, 4.69) is 34.6 Å². The molecule has 0 atom stereocenters. The predicted octanol–water partition coefficient (Wildman–Crippen LogP) is 15.2. The third-order valence-electron chi connectivity index (χ3n) is 11.6. The molecule has 0 aliphatic heterocycles. The average Bonchev–Trinajstić information content (AvgIpc) is 3.18. The molecule has 0 fully saturated rings. The Kier molecular flexibility index (Phi) is 33.7. The second-order valence-corrected chi connectivity index (χ2v) is 18.1. The maximum absolute atomic E-state index is 13.4. The highest BCUT2D eigenvalue weighted by Crippen LogP contribution is 2.28. The fourth-order valence-electron chi connectivity index (χ4n) is 7.93. The zero-order chi connectivity index (χ0) is 41.0. The Morgan fingerprint density at radius 2 is 0.804 bits per heavy atom. The van der Waals surface area contributed by atoms with Gasteiger partial charge in [0.15, 0.2) is 5.92 Å². The van der Waals surface area contributed by atoms with E-state index in [-0.39, 0.29) is 18.4 Å². The number of ether oxygens (including phenoxy) is 2. The molecule has 0 saturated carbocycles. The van der Waals surface area contributed by atoms with E-state index in [1.54, 1.807) is 0 Å². The van der Waals surface area contributed by atoms with Crippen LogP contribution < -0.4 is 0 Å². The SMILES string of the molecule is CCCCCCCCCCCCCCCCCCOC(=O)C(Cc1ccc(CO)c(C(C)(C)C)c1)C(=O)OCCCCCCCCCCCCCCCCCC. The molecular weight excluding hydrogens is 693 g/mol. The van der Waals surface area contributed by atoms with E-state index < -0.39 is 17.9 Å². The maximum atomic E-state index is 13.4. The summed E-state index contributed by atoms with van der Waals surface area (Å²) in [6, 6.07) is 5.86. The summed E-state index contributed by atoms with van der Waals surface area (Å²) in [5.41, 5.74) is 2.61. The van der Waals surface area contributed by atoms with Crippen LogP contribution >= 0.6 is 0 Å². The Balaban J connectivity index is 2.37. The monoisotopic (exact) mass is 785 g/mol. The van der Waals surface area contributed by atoms with E-state index in [0.29, 0.717) is 13.2 Å². The first-order valence-electron chi connectivity index (χ1n) is 24.3. The Morgan fingerprint density at radius 3 is 1.09 bits per heavy atom. The Morgan fingerprint density at radius 1 is 0.500 bits per heavy atom. The van der Waals surface area contributed by atoms with E-state index in [1.807, 2.05) is 18.2 Å². The minimum absolute atomic E-state index is 0.0426. The van der Waals surface area contributed by atoms with Crippen LogP contribution in [0.1, 0.15) is 257 Å². The van der Waals surface area contributed by atoms with Gasteiger partial charge in [0.25, 0.3) is 0 Å². The molecule has 0 aliphatic carbocycles. The van der Waals surface area contributed by atoms with Gasteiger partial charge in [-0.25, -0.2) is 0 Å². The van der Waals surface area contributed by atoms with Gasteiger partial charge in [-0.2, -0.15) is 0 Å². The number of unbranched alkanes of at least 4 members (excludes halogenated alkanes) is 30. The van der Waals surface area contributed by atoms with E-state index in [1.165, 1.54) is 167 Å². The first kappa shape index (κ1) is 52.1. The van der Waals surface area contributed by atoms with Gasteiger partial charge < -0.3 is 14.6 Å². The molecule has 56 heavy (non-hydrogen) atoms. The number of carbonyl (C=O) groups is 2. The summed E-state index contributed by atoms with van der Waals surface area (Å²) in [6.45, 7) is 11.5. The summed E-state index contributed by atoms with van der Waals surface area (Å²) in [5.74, 6) is -1.94. The first-order chi connectivity index (χ1) is 27.2. The molecule has 0 aromatic heterocycles. The van der Waals surface area contributed by atoms with Crippen LogP contribution in [-0.4, -0.2) is 30.3 Å². The minimum Gasteiger partial charge on any atom is -0.465 e. The second-order valence-electron chi connectivity index (χ2n) is 18.1. The summed E-state index contributed by atoms with van der Waals surface area (Å²) < 4.78 is 11.4. The number of hydrogen-bond acceptors (Lipinski definition) is 5. The quantitative estimate of drug-likeness (QED) is 0.0409. The van der Waals surface area contributed by atoms with E-state index in [0.717, 1.165) is 55.2 Å². The van der Waals surface area contributed by atoms with Crippen molar-refractivity contribution >= 4 is 11.9 Å². The van der Waals surface area contributed by atoms with Gasteiger partial charge in [-0.05, 0) is 41.4 Å². The normalized spacial score (nSPS) is 11.8. The van der Waals surface area contributed by atoms with E-state index in [9.17, 15) is 14.7 Å². The summed E-state index contributed by atoms with van der Waals surface area (Å²) >= 11 is 0. The summed E-state index contributed by atoms with van der Waals surface area (Å²) in [7, 11) is 0. The predicted molar refractivity (Wildman–Crippen MR) is 239 cm³/mol. The molecule has 1 aromatic rings. The summed E-state index contributed by atoms with van der Waals surface area (Å²) in [6.07, 6.45) is 41.7. The van der Waals surface area contributed by atoms with Crippen molar-refractivity contribution in [2.24, 2.45) is 5.92 Å². The molecule has 0 bridgehead atoms. The van der Waals surface area contributed by atoms with Gasteiger partial charge in [0.1, 0.15) is 0 Å². The Hall–Kier alpha value is -1.88. The molecule has 0 saturated heterocycles. The number of benzene rings is 1. The van der Waals surface area contributed by atoms with Crippen molar-refractivity contribution in [3.63, 3.8) is 0 Å². The third kappa shape index (κ3) is 28.5. The van der Waals surface area contributed by atoms with Gasteiger partial charge in [0.05, 0.1) is 19.8 Å². The van der Waals surface area contributed by atoms with Crippen LogP contribution in [0.15, 0.2) is 18.2 Å². The molecule has 1 rings (SSSR count). The first-order valence-corrected chi connectivity index (χ1v) is 24.3. The van der Waals surface area contributed by atoms with Crippen molar-refractivity contribution in [3.05, 3.63) is 34.9 Å². The molecule has 0 amide bonds. The average molecular weight is 785 g/mol. The number of rotatable bonds is 39. The van der Waals surface area contributed by atoms with Crippen LogP contribution in [0.4, 0.5) is 0 Å². The fourth-order valence-corrected chi connectivity index (χ4v) is 7.93. The van der Waals surface area contributed by atoms with Crippen LogP contribution in [0.3, 0.4) is 0 Å². The van der Waals surface area contributed by atoms with E-state index >= 15 is 0 Å². The standard InChI is InChI=1S/C51H92O5/c1-6-8-10-12-14-16-18-20-22-24-26-28-30-32-34-36-40-55-49(53)47(42-45-38-39-46(44-52)48(43-45)51(3,4)5)50(54)56-41-37-35-33-31-29-27-25-23-21-19-17-15-13-11-9-7-2/h38-39,43,47,52H,6-37,40-42,44H2,1-5H3. The highest BCUT2D eigenvalue weighted by atomic mass is 16.6. The summed E-state index contributed by atoms with van der Waals surface area (Å²) in [4.78, 5) is 26.7. The van der Waals surface area contributed by atoms with Crippen LogP contribution in [0, 0.1) is 5.92 Å². The van der Waals surface area contributed by atoms with Crippen molar-refractivity contribution in [2.75, 3.05) is 13.2 Å². The lowest BCUT2D eigenvalue weighted by Crippen LogP contribution is -2.30. The molecule has 0 spiro atoms. The number of hydrogen-bond donors (Lipinski definition) is 1. The van der Waals surface area contributed by atoms with Gasteiger partial charge in [0.2, 0.25) is 0 Å². The highest BCUT2D eigenvalue weighted by molar-refractivity contribution is 5.95. The van der Waals surface area contributed by atoms with Crippen molar-refractivity contribution in [1.29, 1.82) is 0 Å². The summed E-state index contributed by atoms with van der Waals surface area (Å²) in [5, 5.41) is 9.93. The minimum atomic E-state index is -0.982. The van der Waals surface area contributed by atoms with Gasteiger partial charge in [0, 0.05) is 0 Å². The van der Waals surface area contributed by atoms with Crippen molar-refractivity contribution in [1.82, 2.24) is 0 Å². The van der Waals surface area contributed by atoms with Gasteiger partial charge in [-0.3, -0.25) is 9.59 Å². The fraction of sp³-hybridized carbons (Fsp3) is 0.843. The van der Waals surface area contributed by atoms with Crippen LogP contribution in [0.25, 0.3) is 0 Å². The van der Waals surface area contributed by atoms with Crippen LogP contribution in [-0.2, 0) is 37.5 Å². The Bertz CT molecular complexity index is 1010. The van der Waals surface area contributed by atoms with E-state index in [4.69, 9.17) is 9.47 Å².